The highest BCUT2D eigenvalue weighted by atomic mass is 16.3. The lowest BCUT2D eigenvalue weighted by atomic mass is 9.75. The van der Waals surface area contributed by atoms with Crippen molar-refractivity contribution in [3.8, 4) is 0 Å². The van der Waals surface area contributed by atoms with Gasteiger partial charge in [0.05, 0.1) is 6.10 Å². The lowest BCUT2D eigenvalue weighted by Crippen LogP contribution is -2.35. The second-order valence-corrected chi connectivity index (χ2v) is 4.05. The summed E-state index contributed by atoms with van der Waals surface area (Å²) in [6.07, 6.45) is 1.96. The Morgan fingerprint density at radius 1 is 1.18 bits per heavy atom. The minimum atomic E-state index is -0.155. The van der Waals surface area contributed by atoms with Gasteiger partial charge in [0.15, 0.2) is 0 Å². The van der Waals surface area contributed by atoms with Crippen LogP contribution >= 0.6 is 0 Å². The van der Waals surface area contributed by atoms with Crippen molar-refractivity contribution < 1.29 is 5.11 Å². The lowest BCUT2D eigenvalue weighted by molar-refractivity contribution is -0.00322. The Morgan fingerprint density at radius 2 is 1.55 bits per heavy atom. The quantitative estimate of drug-likeness (QED) is 0.667. The fourth-order valence-electron chi connectivity index (χ4n) is 1.47. The first-order chi connectivity index (χ1) is 4.98. The molecule has 0 radical (unpaired) electrons. The van der Waals surface area contributed by atoms with Gasteiger partial charge in [0.25, 0.3) is 0 Å². The first kappa shape index (κ1) is 11.0. The number of aliphatic hydroxyl groups excluding tert-OH is 1. The van der Waals surface area contributed by atoms with Crippen LogP contribution in [0.5, 0.6) is 0 Å². The summed E-state index contributed by atoms with van der Waals surface area (Å²) in [4.78, 5) is 0. The van der Waals surface area contributed by atoms with Gasteiger partial charge in [-0.2, -0.15) is 0 Å². The molecule has 0 aromatic carbocycles. The van der Waals surface area contributed by atoms with Crippen LogP contribution in [0.15, 0.2) is 0 Å². The molecule has 0 heterocycles. The van der Waals surface area contributed by atoms with Gasteiger partial charge in [0.1, 0.15) is 0 Å². The number of hydrogen-bond acceptors (Lipinski definition) is 1. The molecule has 0 rings (SSSR count). The highest BCUT2D eigenvalue weighted by Gasteiger charge is 2.30. The fraction of sp³-hybridized carbons (Fsp3) is 1.00. The maximum absolute atomic E-state index is 9.85. The Morgan fingerprint density at radius 3 is 1.64 bits per heavy atom. The minimum absolute atomic E-state index is 0.119. The number of hydrogen-bond donors (Lipinski definition) is 1. The molecular weight excluding hydrogens is 136 g/mol. The smallest absolute Gasteiger partial charge is 0.0616 e. The summed E-state index contributed by atoms with van der Waals surface area (Å²) in [5.41, 5.74) is 0.119. The van der Waals surface area contributed by atoms with E-state index >= 15 is 0 Å². The van der Waals surface area contributed by atoms with Crippen molar-refractivity contribution in [2.45, 2.75) is 53.6 Å². The van der Waals surface area contributed by atoms with Gasteiger partial charge < -0.3 is 5.11 Å². The Bertz CT molecular complexity index is 103. The fourth-order valence-corrected chi connectivity index (χ4v) is 1.47. The van der Waals surface area contributed by atoms with Crippen LogP contribution in [0.4, 0.5) is 0 Å². The first-order valence-corrected chi connectivity index (χ1v) is 4.66. The highest BCUT2D eigenvalue weighted by Crippen LogP contribution is 2.33. The average Bonchev–Trinajstić information content (AvgIpc) is 2.01. The molecule has 1 nitrogen and oxygen atoms in total. The van der Waals surface area contributed by atoms with Gasteiger partial charge in [-0.25, -0.2) is 0 Å². The molecule has 0 aliphatic heterocycles. The molecule has 11 heavy (non-hydrogen) atoms. The third-order valence-electron chi connectivity index (χ3n) is 2.96. The molecule has 0 fully saturated rings. The van der Waals surface area contributed by atoms with E-state index in [1.807, 2.05) is 0 Å². The summed E-state index contributed by atoms with van der Waals surface area (Å²) >= 11 is 0. The molecular formula is C10H22O. The van der Waals surface area contributed by atoms with Crippen LogP contribution in [-0.2, 0) is 0 Å². The van der Waals surface area contributed by atoms with Gasteiger partial charge in [-0.15, -0.1) is 0 Å². The molecule has 0 aliphatic rings. The summed E-state index contributed by atoms with van der Waals surface area (Å²) < 4.78 is 0. The standard InChI is InChI=1S/C10H22O/c1-6-10(5,7-2)9(11)8(3)4/h8-9,11H,6-7H2,1-5H3. The normalized spacial score (nSPS) is 15.5. The van der Waals surface area contributed by atoms with Crippen LogP contribution in [0.3, 0.4) is 0 Å². The molecule has 0 spiro atoms. The molecule has 0 saturated heterocycles. The Hall–Kier alpha value is -0.0400. The van der Waals surface area contributed by atoms with Gasteiger partial charge in [-0.1, -0.05) is 34.6 Å². The molecule has 0 saturated carbocycles. The van der Waals surface area contributed by atoms with Gasteiger partial charge in [-0.3, -0.25) is 0 Å². The van der Waals surface area contributed by atoms with Crippen LogP contribution in [0, 0.1) is 11.3 Å². The predicted octanol–water partition coefficient (Wildman–Crippen LogP) is 2.83. The van der Waals surface area contributed by atoms with Gasteiger partial charge in [0, 0.05) is 0 Å². The largest absolute Gasteiger partial charge is 0.392 e. The zero-order chi connectivity index (χ0) is 9.07. The van der Waals surface area contributed by atoms with E-state index < -0.39 is 0 Å². The zero-order valence-corrected chi connectivity index (χ0v) is 8.52. The second kappa shape index (κ2) is 4.10. The molecule has 1 unspecified atom stereocenters. The Balaban J connectivity index is 4.24. The van der Waals surface area contributed by atoms with E-state index in [-0.39, 0.29) is 11.5 Å². The molecule has 0 aromatic rings. The van der Waals surface area contributed by atoms with Crippen molar-refractivity contribution in [1.82, 2.24) is 0 Å². The monoisotopic (exact) mass is 158 g/mol. The number of rotatable bonds is 4. The van der Waals surface area contributed by atoms with E-state index in [1.165, 1.54) is 0 Å². The third kappa shape index (κ3) is 2.48. The van der Waals surface area contributed by atoms with Crippen LogP contribution < -0.4 is 0 Å². The molecule has 68 valence electrons. The lowest BCUT2D eigenvalue weighted by Gasteiger charge is -2.35. The van der Waals surface area contributed by atoms with Crippen molar-refractivity contribution in [3.05, 3.63) is 0 Å². The van der Waals surface area contributed by atoms with Gasteiger partial charge >= 0.3 is 0 Å². The molecule has 1 heteroatoms. The van der Waals surface area contributed by atoms with E-state index in [9.17, 15) is 5.11 Å². The van der Waals surface area contributed by atoms with Crippen molar-refractivity contribution in [3.63, 3.8) is 0 Å². The van der Waals surface area contributed by atoms with Crippen LogP contribution in [-0.4, -0.2) is 11.2 Å². The summed E-state index contributed by atoms with van der Waals surface area (Å²) in [6.45, 7) is 10.6. The summed E-state index contributed by atoms with van der Waals surface area (Å²) in [7, 11) is 0. The maximum atomic E-state index is 9.85. The van der Waals surface area contributed by atoms with Crippen molar-refractivity contribution >= 4 is 0 Å². The van der Waals surface area contributed by atoms with E-state index in [1.54, 1.807) is 0 Å². The van der Waals surface area contributed by atoms with Crippen molar-refractivity contribution in [2.75, 3.05) is 0 Å². The molecule has 0 amide bonds. The first-order valence-electron chi connectivity index (χ1n) is 4.66. The van der Waals surface area contributed by atoms with E-state index in [2.05, 4.69) is 34.6 Å². The summed E-state index contributed by atoms with van der Waals surface area (Å²) in [6, 6.07) is 0. The second-order valence-electron chi connectivity index (χ2n) is 4.05. The van der Waals surface area contributed by atoms with Crippen molar-refractivity contribution in [1.29, 1.82) is 0 Å². The third-order valence-corrected chi connectivity index (χ3v) is 2.96. The number of aliphatic hydroxyl groups is 1. The topological polar surface area (TPSA) is 20.2 Å². The summed E-state index contributed by atoms with van der Waals surface area (Å²) in [5, 5.41) is 9.85. The van der Waals surface area contributed by atoms with Crippen LogP contribution in [0.2, 0.25) is 0 Å². The molecule has 0 bridgehead atoms. The Labute approximate surface area is 70.8 Å². The van der Waals surface area contributed by atoms with Gasteiger partial charge in [-0.05, 0) is 24.2 Å². The SMILES string of the molecule is CCC(C)(CC)C(O)C(C)C. The predicted molar refractivity (Wildman–Crippen MR) is 49.5 cm³/mol. The van der Waals surface area contributed by atoms with Crippen molar-refractivity contribution in [2.24, 2.45) is 11.3 Å². The Kier molecular flexibility index (Phi) is 4.09. The molecule has 0 aliphatic carbocycles. The minimum Gasteiger partial charge on any atom is -0.392 e. The van der Waals surface area contributed by atoms with E-state index in [0.29, 0.717) is 5.92 Å². The molecule has 1 N–H and O–H groups in total. The molecule has 1 atom stereocenters. The summed E-state index contributed by atoms with van der Waals surface area (Å²) in [5.74, 6) is 0.375. The van der Waals surface area contributed by atoms with Crippen LogP contribution in [0.25, 0.3) is 0 Å². The highest BCUT2D eigenvalue weighted by molar-refractivity contribution is 4.81. The maximum Gasteiger partial charge on any atom is 0.0616 e. The van der Waals surface area contributed by atoms with Gasteiger partial charge in [0.2, 0.25) is 0 Å². The zero-order valence-electron chi connectivity index (χ0n) is 8.52. The molecule has 0 aromatic heterocycles. The average molecular weight is 158 g/mol. The van der Waals surface area contributed by atoms with E-state index in [0.717, 1.165) is 12.8 Å². The van der Waals surface area contributed by atoms with Crippen LogP contribution in [0.1, 0.15) is 47.5 Å². The van der Waals surface area contributed by atoms with E-state index in [4.69, 9.17) is 0 Å².